The second-order valence-corrected chi connectivity index (χ2v) is 6.31. The Labute approximate surface area is 125 Å². The molecule has 1 heterocycles. The Morgan fingerprint density at radius 3 is 2.75 bits per heavy atom. The summed E-state index contributed by atoms with van der Waals surface area (Å²) in [6.45, 7) is 3.74. The van der Waals surface area contributed by atoms with Crippen LogP contribution in [0.25, 0.3) is 0 Å². The van der Waals surface area contributed by atoms with Crippen molar-refractivity contribution in [3.63, 3.8) is 0 Å². The van der Waals surface area contributed by atoms with Gasteiger partial charge in [0.05, 0.1) is 5.75 Å². The van der Waals surface area contributed by atoms with Gasteiger partial charge in [-0.2, -0.15) is 11.8 Å². The molecule has 2 rings (SSSR count). The van der Waals surface area contributed by atoms with Crippen LogP contribution in [0.2, 0.25) is 0 Å². The van der Waals surface area contributed by atoms with E-state index in [1.54, 1.807) is 11.8 Å². The van der Waals surface area contributed by atoms with Gasteiger partial charge in [-0.1, -0.05) is 37.3 Å². The van der Waals surface area contributed by atoms with Crippen molar-refractivity contribution in [3.05, 3.63) is 35.9 Å². The topological polar surface area (TPSA) is 38.3 Å². The van der Waals surface area contributed by atoms with Crippen molar-refractivity contribution in [2.75, 3.05) is 24.7 Å². The first kappa shape index (κ1) is 15.4. The van der Waals surface area contributed by atoms with Crippen molar-refractivity contribution in [2.45, 2.75) is 31.7 Å². The first-order valence-electron chi connectivity index (χ1n) is 7.25. The molecule has 1 N–H and O–H groups in total. The third-order valence-corrected chi connectivity index (χ3v) is 4.76. The van der Waals surface area contributed by atoms with Crippen LogP contribution in [0.4, 0.5) is 0 Å². The molecule has 110 valence electrons. The van der Waals surface area contributed by atoms with E-state index in [1.807, 2.05) is 6.07 Å². The number of rotatable bonds is 6. The van der Waals surface area contributed by atoms with Crippen LogP contribution < -0.4 is 5.32 Å². The highest BCUT2D eigenvalue weighted by Crippen LogP contribution is 2.19. The number of carbonyl (C=O) groups is 1. The molecule has 0 saturated carbocycles. The largest absolute Gasteiger partial charge is 0.381 e. The van der Waals surface area contributed by atoms with E-state index in [1.165, 1.54) is 5.56 Å². The van der Waals surface area contributed by atoms with Gasteiger partial charge in [-0.15, -0.1) is 0 Å². The van der Waals surface area contributed by atoms with E-state index in [9.17, 15) is 4.79 Å². The minimum Gasteiger partial charge on any atom is -0.381 e. The van der Waals surface area contributed by atoms with Crippen LogP contribution >= 0.6 is 11.8 Å². The highest BCUT2D eigenvalue weighted by molar-refractivity contribution is 7.99. The summed E-state index contributed by atoms with van der Waals surface area (Å²) >= 11 is 1.71. The molecule has 1 aliphatic rings. The molecule has 20 heavy (non-hydrogen) atoms. The lowest BCUT2D eigenvalue weighted by atomic mass is 10.0. The summed E-state index contributed by atoms with van der Waals surface area (Å²) in [4.78, 5) is 11.9. The van der Waals surface area contributed by atoms with Gasteiger partial charge in [0.25, 0.3) is 0 Å². The minimum absolute atomic E-state index is 0.155. The maximum absolute atomic E-state index is 11.9. The molecule has 0 spiro atoms. The molecule has 1 atom stereocenters. The average molecular weight is 293 g/mol. The zero-order valence-corrected chi connectivity index (χ0v) is 12.8. The molecule has 0 aromatic heterocycles. The molecule has 0 unspecified atom stereocenters. The fourth-order valence-electron chi connectivity index (χ4n) is 2.32. The summed E-state index contributed by atoms with van der Waals surface area (Å²) in [5.74, 6) is 2.17. The fraction of sp³-hybridized carbons (Fsp3) is 0.562. The lowest BCUT2D eigenvalue weighted by molar-refractivity contribution is -0.119. The van der Waals surface area contributed by atoms with Crippen molar-refractivity contribution in [1.82, 2.24) is 5.32 Å². The van der Waals surface area contributed by atoms with E-state index in [0.29, 0.717) is 17.7 Å². The van der Waals surface area contributed by atoms with Crippen LogP contribution in [0.3, 0.4) is 0 Å². The summed E-state index contributed by atoms with van der Waals surface area (Å²) in [6, 6.07) is 10.8. The van der Waals surface area contributed by atoms with E-state index in [-0.39, 0.29) is 5.91 Å². The lowest BCUT2D eigenvalue weighted by Gasteiger charge is -2.23. The predicted molar refractivity (Wildman–Crippen MR) is 84.2 cm³/mol. The Kier molecular flexibility index (Phi) is 6.40. The molecule has 1 amide bonds. The summed E-state index contributed by atoms with van der Waals surface area (Å²) in [5, 5.41) is 3.09. The average Bonchev–Trinajstić information content (AvgIpc) is 2.49. The Morgan fingerprint density at radius 2 is 2.05 bits per heavy atom. The highest BCUT2D eigenvalue weighted by atomic mass is 32.2. The van der Waals surface area contributed by atoms with Gasteiger partial charge in [-0.3, -0.25) is 4.79 Å². The quantitative estimate of drug-likeness (QED) is 0.876. The summed E-state index contributed by atoms with van der Waals surface area (Å²) in [6.07, 6.45) is 1.88. The number of hydrogen-bond acceptors (Lipinski definition) is 3. The first-order chi connectivity index (χ1) is 9.75. The number of carbonyl (C=O) groups excluding carboxylic acids is 1. The van der Waals surface area contributed by atoms with Crippen LogP contribution in [0.15, 0.2) is 30.3 Å². The number of ether oxygens (including phenoxy) is 1. The Balaban J connectivity index is 1.63. The Hall–Kier alpha value is -1.00. The van der Waals surface area contributed by atoms with Gasteiger partial charge in [0.1, 0.15) is 0 Å². The molecule has 0 radical (unpaired) electrons. The number of nitrogens with one attached hydrogen (secondary N) is 1. The van der Waals surface area contributed by atoms with Crippen molar-refractivity contribution >= 4 is 17.7 Å². The van der Waals surface area contributed by atoms with Crippen LogP contribution in [0, 0.1) is 0 Å². The third kappa shape index (κ3) is 5.17. The van der Waals surface area contributed by atoms with Crippen molar-refractivity contribution in [1.29, 1.82) is 0 Å². The molecule has 3 nitrogen and oxygen atoms in total. The molecule has 1 aromatic rings. The van der Waals surface area contributed by atoms with Gasteiger partial charge in [0, 0.05) is 25.0 Å². The van der Waals surface area contributed by atoms with Crippen LogP contribution in [-0.2, 0) is 9.53 Å². The molecule has 4 heteroatoms. The SMILES string of the molecule is C[C@H](CSCC(=O)NC1CCOCC1)c1ccccc1. The van der Waals surface area contributed by atoms with Crippen molar-refractivity contribution < 1.29 is 9.53 Å². The second-order valence-electron chi connectivity index (χ2n) is 5.28. The van der Waals surface area contributed by atoms with Gasteiger partial charge in [0.15, 0.2) is 0 Å². The minimum atomic E-state index is 0.155. The van der Waals surface area contributed by atoms with E-state index in [2.05, 4.69) is 36.5 Å². The van der Waals surface area contributed by atoms with Gasteiger partial charge >= 0.3 is 0 Å². The molecule has 0 bridgehead atoms. The van der Waals surface area contributed by atoms with Crippen molar-refractivity contribution in [2.24, 2.45) is 0 Å². The van der Waals surface area contributed by atoms with Gasteiger partial charge < -0.3 is 10.1 Å². The van der Waals surface area contributed by atoms with Crippen molar-refractivity contribution in [3.8, 4) is 0 Å². The van der Waals surface area contributed by atoms with Crippen LogP contribution in [0.1, 0.15) is 31.2 Å². The molecule has 0 aliphatic carbocycles. The van der Waals surface area contributed by atoms with Crippen LogP contribution in [-0.4, -0.2) is 36.7 Å². The van der Waals surface area contributed by atoms with E-state index in [0.717, 1.165) is 31.8 Å². The zero-order valence-electron chi connectivity index (χ0n) is 12.0. The highest BCUT2D eigenvalue weighted by Gasteiger charge is 2.16. The molecule has 1 aliphatic heterocycles. The number of thioether (sulfide) groups is 1. The summed E-state index contributed by atoms with van der Waals surface area (Å²) < 4.78 is 5.29. The number of benzene rings is 1. The van der Waals surface area contributed by atoms with Gasteiger partial charge in [-0.25, -0.2) is 0 Å². The predicted octanol–water partition coefficient (Wildman–Crippen LogP) is 2.82. The second kappa shape index (κ2) is 8.32. The van der Waals surface area contributed by atoms with E-state index < -0.39 is 0 Å². The number of amides is 1. The summed E-state index contributed by atoms with van der Waals surface area (Å²) in [5.41, 5.74) is 1.34. The number of hydrogen-bond donors (Lipinski definition) is 1. The van der Waals surface area contributed by atoms with Crippen LogP contribution in [0.5, 0.6) is 0 Å². The standard InChI is InChI=1S/C16H23NO2S/c1-13(14-5-3-2-4-6-14)11-20-12-16(18)17-15-7-9-19-10-8-15/h2-6,13,15H,7-12H2,1H3,(H,17,18)/t13-/m1/s1. The third-order valence-electron chi connectivity index (χ3n) is 3.56. The molecule has 1 aromatic carbocycles. The maximum atomic E-state index is 11.9. The molecule has 1 saturated heterocycles. The van der Waals surface area contributed by atoms with Gasteiger partial charge in [0.2, 0.25) is 5.91 Å². The van der Waals surface area contributed by atoms with E-state index >= 15 is 0 Å². The zero-order chi connectivity index (χ0) is 14.2. The Morgan fingerprint density at radius 1 is 1.35 bits per heavy atom. The summed E-state index contributed by atoms with van der Waals surface area (Å²) in [7, 11) is 0. The molecular weight excluding hydrogens is 270 g/mol. The van der Waals surface area contributed by atoms with E-state index in [4.69, 9.17) is 4.74 Å². The lowest BCUT2D eigenvalue weighted by Crippen LogP contribution is -2.39. The maximum Gasteiger partial charge on any atom is 0.230 e. The monoisotopic (exact) mass is 293 g/mol. The Bertz CT molecular complexity index is 404. The first-order valence-corrected chi connectivity index (χ1v) is 8.41. The molecular formula is C16H23NO2S. The van der Waals surface area contributed by atoms with Gasteiger partial charge in [-0.05, 0) is 24.3 Å². The smallest absolute Gasteiger partial charge is 0.230 e. The molecule has 1 fully saturated rings. The normalized spacial score (nSPS) is 17.6. The fourth-order valence-corrected chi connectivity index (χ4v) is 3.25.